The Bertz CT molecular complexity index is 1190. The lowest BCUT2D eigenvalue weighted by Gasteiger charge is -2.34. The van der Waals surface area contributed by atoms with Crippen molar-refractivity contribution in [2.45, 2.75) is 17.5 Å². The van der Waals surface area contributed by atoms with Gasteiger partial charge in [0.1, 0.15) is 5.58 Å². The number of hydrogen-bond acceptors (Lipinski definition) is 7. The second kappa shape index (κ2) is 9.50. The van der Waals surface area contributed by atoms with Crippen LogP contribution in [-0.4, -0.2) is 56.8 Å². The van der Waals surface area contributed by atoms with Gasteiger partial charge in [-0.15, -0.1) is 0 Å². The van der Waals surface area contributed by atoms with Crippen LogP contribution in [0.1, 0.15) is 21.8 Å². The van der Waals surface area contributed by atoms with Crippen LogP contribution < -0.4 is 0 Å². The summed E-state index contributed by atoms with van der Waals surface area (Å²) < 4.78 is 6.06. The van der Waals surface area contributed by atoms with E-state index in [4.69, 9.17) is 4.42 Å². The highest BCUT2D eigenvalue weighted by Crippen LogP contribution is 2.32. The molecule has 5 rings (SSSR count). The number of piperazine rings is 1. The summed E-state index contributed by atoms with van der Waals surface area (Å²) in [5.74, 6) is 0.943. The molecule has 162 valence electrons. The lowest BCUT2D eigenvalue weighted by atomic mass is 10.1. The first-order valence-electron chi connectivity index (χ1n) is 10.6. The van der Waals surface area contributed by atoms with Gasteiger partial charge < -0.3 is 9.32 Å². The van der Waals surface area contributed by atoms with E-state index in [1.807, 2.05) is 53.6 Å². The van der Waals surface area contributed by atoms with Crippen LogP contribution in [0.25, 0.3) is 11.0 Å². The van der Waals surface area contributed by atoms with Gasteiger partial charge >= 0.3 is 0 Å². The van der Waals surface area contributed by atoms with Gasteiger partial charge in [-0.3, -0.25) is 14.7 Å². The van der Waals surface area contributed by atoms with Gasteiger partial charge in [-0.05, 0) is 24.3 Å². The number of amides is 1. The fraction of sp³-hybridized carbons (Fsp3) is 0.250. The average Bonchev–Trinajstić information content (AvgIpc) is 3.23. The standard InChI is InChI=1S/C24H23N5O2S/c30-23(29-14-12-28(13-15-29)16-18-6-3-4-9-25-18)22-20(17-32-24-26-10-5-11-27-24)19-7-1-2-8-21(19)31-22/h1-11H,12-17H2. The third-order valence-corrected chi connectivity index (χ3v) is 6.45. The maximum absolute atomic E-state index is 13.4. The van der Waals surface area contributed by atoms with E-state index >= 15 is 0 Å². The molecule has 7 nitrogen and oxygen atoms in total. The summed E-state index contributed by atoms with van der Waals surface area (Å²) in [6, 6.07) is 15.6. The summed E-state index contributed by atoms with van der Waals surface area (Å²) in [7, 11) is 0. The van der Waals surface area contributed by atoms with Crippen LogP contribution in [0, 0.1) is 0 Å². The number of rotatable bonds is 6. The van der Waals surface area contributed by atoms with Gasteiger partial charge in [0.05, 0.1) is 5.69 Å². The van der Waals surface area contributed by atoms with Crippen LogP contribution in [0.15, 0.2) is 76.7 Å². The summed E-state index contributed by atoms with van der Waals surface area (Å²) in [5.41, 5.74) is 2.68. The number of para-hydroxylation sites is 1. The Morgan fingerprint density at radius 3 is 2.44 bits per heavy atom. The van der Waals surface area contributed by atoms with Gasteiger partial charge in [0.25, 0.3) is 5.91 Å². The first kappa shape index (κ1) is 20.7. The van der Waals surface area contributed by atoms with Crippen LogP contribution in [-0.2, 0) is 12.3 Å². The minimum atomic E-state index is -0.0525. The quantitative estimate of drug-likeness (QED) is 0.329. The Balaban J connectivity index is 1.31. The number of furan rings is 1. The molecule has 4 aromatic rings. The number of carbonyl (C=O) groups excluding carboxylic acids is 1. The molecule has 8 heteroatoms. The minimum absolute atomic E-state index is 0.0525. The molecule has 1 fully saturated rings. The topological polar surface area (TPSA) is 75.4 Å². The lowest BCUT2D eigenvalue weighted by Crippen LogP contribution is -2.48. The van der Waals surface area contributed by atoms with Gasteiger partial charge in [-0.25, -0.2) is 9.97 Å². The van der Waals surface area contributed by atoms with E-state index in [0.717, 1.165) is 41.9 Å². The Labute approximate surface area is 190 Å². The van der Waals surface area contributed by atoms with Gasteiger partial charge in [0.15, 0.2) is 10.9 Å². The van der Waals surface area contributed by atoms with Crippen molar-refractivity contribution in [1.29, 1.82) is 0 Å². The maximum atomic E-state index is 13.4. The number of hydrogen-bond donors (Lipinski definition) is 0. The number of thioether (sulfide) groups is 1. The van der Waals surface area contributed by atoms with Crippen molar-refractivity contribution in [1.82, 2.24) is 24.8 Å². The van der Waals surface area contributed by atoms with E-state index in [9.17, 15) is 4.79 Å². The molecule has 0 spiro atoms. The van der Waals surface area contributed by atoms with Crippen molar-refractivity contribution in [3.05, 3.63) is 84.1 Å². The average molecular weight is 446 g/mol. The monoisotopic (exact) mass is 445 g/mol. The molecule has 0 saturated carbocycles. The van der Waals surface area contributed by atoms with Crippen LogP contribution in [0.2, 0.25) is 0 Å². The molecule has 1 aliphatic rings. The zero-order chi connectivity index (χ0) is 21.8. The van der Waals surface area contributed by atoms with Crippen molar-refractivity contribution in [2.75, 3.05) is 26.2 Å². The van der Waals surface area contributed by atoms with E-state index in [0.29, 0.717) is 29.8 Å². The number of fused-ring (bicyclic) bond motifs is 1. The Morgan fingerprint density at radius 2 is 1.66 bits per heavy atom. The largest absolute Gasteiger partial charge is 0.451 e. The van der Waals surface area contributed by atoms with Crippen LogP contribution in [0.5, 0.6) is 0 Å². The maximum Gasteiger partial charge on any atom is 0.290 e. The molecular formula is C24H23N5O2S. The van der Waals surface area contributed by atoms with E-state index < -0.39 is 0 Å². The highest BCUT2D eigenvalue weighted by atomic mass is 32.2. The third kappa shape index (κ3) is 4.51. The number of aromatic nitrogens is 3. The molecule has 0 unspecified atom stereocenters. The van der Waals surface area contributed by atoms with Crippen molar-refractivity contribution < 1.29 is 9.21 Å². The fourth-order valence-corrected chi connectivity index (χ4v) is 4.72. The summed E-state index contributed by atoms with van der Waals surface area (Å²) in [5, 5.41) is 1.65. The summed E-state index contributed by atoms with van der Waals surface area (Å²) in [6.07, 6.45) is 5.26. The molecule has 0 radical (unpaired) electrons. The first-order chi connectivity index (χ1) is 15.8. The van der Waals surface area contributed by atoms with Gasteiger partial charge in [-0.1, -0.05) is 36.0 Å². The van der Waals surface area contributed by atoms with E-state index in [2.05, 4.69) is 19.9 Å². The van der Waals surface area contributed by atoms with E-state index in [1.165, 1.54) is 11.8 Å². The molecule has 0 bridgehead atoms. The SMILES string of the molecule is O=C(c1oc2ccccc2c1CSc1ncccn1)N1CCN(Cc2ccccn2)CC1. The van der Waals surface area contributed by atoms with Crippen molar-refractivity contribution in [3.63, 3.8) is 0 Å². The van der Waals surface area contributed by atoms with Gasteiger partial charge in [0.2, 0.25) is 0 Å². The minimum Gasteiger partial charge on any atom is -0.451 e. The number of nitrogens with zero attached hydrogens (tertiary/aromatic N) is 5. The predicted octanol–water partition coefficient (Wildman–Crippen LogP) is 3.87. The number of carbonyl (C=O) groups is 1. The van der Waals surface area contributed by atoms with Crippen LogP contribution in [0.3, 0.4) is 0 Å². The molecule has 0 atom stereocenters. The van der Waals surface area contributed by atoms with Crippen LogP contribution in [0.4, 0.5) is 0 Å². The molecule has 4 heterocycles. The second-order valence-electron chi connectivity index (χ2n) is 7.62. The van der Waals surface area contributed by atoms with Crippen LogP contribution >= 0.6 is 11.8 Å². The fourth-order valence-electron chi connectivity index (χ4n) is 3.88. The Morgan fingerprint density at radius 1 is 0.906 bits per heavy atom. The third-order valence-electron chi connectivity index (χ3n) is 5.55. The smallest absolute Gasteiger partial charge is 0.290 e. The van der Waals surface area contributed by atoms with E-state index in [-0.39, 0.29) is 5.91 Å². The molecular weight excluding hydrogens is 422 g/mol. The summed E-state index contributed by atoms with van der Waals surface area (Å²) in [4.78, 5) is 30.6. The predicted molar refractivity (Wildman–Crippen MR) is 123 cm³/mol. The Kier molecular flexibility index (Phi) is 6.13. The zero-order valence-corrected chi connectivity index (χ0v) is 18.4. The van der Waals surface area contributed by atoms with Gasteiger partial charge in [0, 0.05) is 68.0 Å². The molecule has 0 N–H and O–H groups in total. The molecule has 3 aromatic heterocycles. The van der Waals surface area contributed by atoms with Crippen molar-refractivity contribution in [3.8, 4) is 0 Å². The summed E-state index contributed by atoms with van der Waals surface area (Å²) >= 11 is 1.50. The molecule has 1 aliphatic heterocycles. The second-order valence-corrected chi connectivity index (χ2v) is 8.56. The lowest BCUT2D eigenvalue weighted by molar-refractivity contribution is 0.0597. The molecule has 1 aromatic carbocycles. The Hall–Kier alpha value is -3.23. The van der Waals surface area contributed by atoms with Crippen molar-refractivity contribution >= 4 is 28.6 Å². The van der Waals surface area contributed by atoms with Crippen molar-refractivity contribution in [2.24, 2.45) is 0 Å². The molecule has 1 saturated heterocycles. The first-order valence-corrected chi connectivity index (χ1v) is 11.6. The number of pyridine rings is 1. The highest BCUT2D eigenvalue weighted by molar-refractivity contribution is 7.98. The molecule has 32 heavy (non-hydrogen) atoms. The van der Waals surface area contributed by atoms with Gasteiger partial charge in [-0.2, -0.15) is 0 Å². The molecule has 1 amide bonds. The van der Waals surface area contributed by atoms with E-state index in [1.54, 1.807) is 18.5 Å². The zero-order valence-electron chi connectivity index (χ0n) is 17.6. The highest BCUT2D eigenvalue weighted by Gasteiger charge is 2.28. The number of benzene rings is 1. The molecule has 0 aliphatic carbocycles. The summed E-state index contributed by atoms with van der Waals surface area (Å²) in [6.45, 7) is 3.75. The normalized spacial score (nSPS) is 14.7.